The molecule has 0 unspecified atom stereocenters. The highest BCUT2D eigenvalue weighted by molar-refractivity contribution is 5.85. The molecular weight excluding hydrogens is 282 g/mol. The van der Waals surface area contributed by atoms with Crippen molar-refractivity contribution in [3.05, 3.63) is 36.2 Å². The molecule has 1 fully saturated rings. The lowest BCUT2D eigenvalue weighted by molar-refractivity contribution is -0.0514. The second-order valence-electron chi connectivity index (χ2n) is 5.22. The summed E-state index contributed by atoms with van der Waals surface area (Å²) in [5, 5.41) is 9.36. The molecule has 0 bridgehead atoms. The Balaban J connectivity index is 1.81. The zero-order chi connectivity index (χ0) is 14.9. The van der Waals surface area contributed by atoms with Crippen LogP contribution in [0.4, 0.5) is 0 Å². The van der Waals surface area contributed by atoms with Crippen LogP contribution in [0.3, 0.4) is 0 Å². The molecule has 0 radical (unpaired) electrons. The zero-order valence-electron chi connectivity index (χ0n) is 12.4. The van der Waals surface area contributed by atoms with E-state index >= 15 is 0 Å². The number of aryl methyl sites for hydroxylation is 1. The van der Waals surface area contributed by atoms with Crippen molar-refractivity contribution in [2.24, 2.45) is 0 Å². The molecule has 1 aliphatic heterocycles. The molecule has 3 heterocycles. The summed E-state index contributed by atoms with van der Waals surface area (Å²) in [6.45, 7) is 3.87. The summed E-state index contributed by atoms with van der Waals surface area (Å²) >= 11 is 0. The fourth-order valence-corrected chi connectivity index (χ4v) is 2.75. The SMILES string of the molecule is CCc1nnc(-c2cc3ccccc3n2CC2OCCO2)o1. The van der Waals surface area contributed by atoms with Crippen LogP contribution in [-0.4, -0.2) is 34.3 Å². The van der Waals surface area contributed by atoms with Gasteiger partial charge in [-0.05, 0) is 12.1 Å². The Morgan fingerprint density at radius 2 is 2.00 bits per heavy atom. The number of aromatic nitrogens is 3. The van der Waals surface area contributed by atoms with E-state index in [0.717, 1.165) is 23.0 Å². The van der Waals surface area contributed by atoms with E-state index in [1.165, 1.54) is 0 Å². The van der Waals surface area contributed by atoms with Gasteiger partial charge in [0.25, 0.3) is 5.89 Å². The van der Waals surface area contributed by atoms with E-state index in [2.05, 4.69) is 33.0 Å². The van der Waals surface area contributed by atoms with Gasteiger partial charge >= 0.3 is 0 Å². The second-order valence-corrected chi connectivity index (χ2v) is 5.22. The highest BCUT2D eigenvalue weighted by atomic mass is 16.7. The van der Waals surface area contributed by atoms with Gasteiger partial charge in [0.15, 0.2) is 6.29 Å². The normalized spacial score (nSPS) is 15.9. The van der Waals surface area contributed by atoms with Gasteiger partial charge in [-0.15, -0.1) is 10.2 Å². The van der Waals surface area contributed by atoms with Crippen LogP contribution < -0.4 is 0 Å². The summed E-state index contributed by atoms with van der Waals surface area (Å²) < 4.78 is 19.0. The van der Waals surface area contributed by atoms with Crippen LogP contribution in [0.2, 0.25) is 0 Å². The van der Waals surface area contributed by atoms with Crippen molar-refractivity contribution in [1.82, 2.24) is 14.8 Å². The molecule has 1 saturated heterocycles. The molecule has 2 aromatic heterocycles. The van der Waals surface area contributed by atoms with Gasteiger partial charge < -0.3 is 18.5 Å². The van der Waals surface area contributed by atoms with Crippen molar-refractivity contribution in [3.63, 3.8) is 0 Å². The van der Waals surface area contributed by atoms with Gasteiger partial charge in [-0.1, -0.05) is 25.1 Å². The molecule has 114 valence electrons. The molecule has 0 aliphatic carbocycles. The second kappa shape index (κ2) is 5.55. The van der Waals surface area contributed by atoms with Gasteiger partial charge in [0.05, 0.1) is 19.8 Å². The van der Waals surface area contributed by atoms with Crippen LogP contribution in [-0.2, 0) is 22.4 Å². The molecule has 3 aromatic rings. The zero-order valence-corrected chi connectivity index (χ0v) is 12.4. The lowest BCUT2D eigenvalue weighted by Crippen LogP contribution is -2.17. The van der Waals surface area contributed by atoms with Crippen molar-refractivity contribution in [2.75, 3.05) is 13.2 Å². The predicted molar refractivity (Wildman–Crippen MR) is 80.3 cm³/mol. The number of para-hydroxylation sites is 1. The average molecular weight is 299 g/mol. The van der Waals surface area contributed by atoms with Gasteiger partial charge in [0, 0.05) is 17.3 Å². The number of rotatable bonds is 4. The Morgan fingerprint density at radius 3 is 2.77 bits per heavy atom. The predicted octanol–water partition coefficient (Wildman–Crippen LogP) is 2.63. The Hall–Kier alpha value is -2.18. The van der Waals surface area contributed by atoms with Crippen LogP contribution >= 0.6 is 0 Å². The van der Waals surface area contributed by atoms with Gasteiger partial charge in [-0.2, -0.15) is 0 Å². The molecule has 22 heavy (non-hydrogen) atoms. The van der Waals surface area contributed by atoms with Gasteiger partial charge in [-0.25, -0.2) is 0 Å². The minimum Gasteiger partial charge on any atom is -0.419 e. The van der Waals surface area contributed by atoms with Gasteiger partial charge in [-0.3, -0.25) is 0 Å². The monoisotopic (exact) mass is 299 g/mol. The van der Waals surface area contributed by atoms with Gasteiger partial charge in [0.1, 0.15) is 5.69 Å². The molecule has 0 N–H and O–H groups in total. The maximum absolute atomic E-state index is 5.73. The summed E-state index contributed by atoms with van der Waals surface area (Å²) in [6.07, 6.45) is 0.491. The number of fused-ring (bicyclic) bond motifs is 1. The number of hydrogen-bond acceptors (Lipinski definition) is 5. The van der Waals surface area contributed by atoms with Gasteiger partial charge in [0.2, 0.25) is 5.89 Å². The first-order chi connectivity index (χ1) is 10.8. The fourth-order valence-electron chi connectivity index (χ4n) is 2.75. The van der Waals surface area contributed by atoms with Crippen molar-refractivity contribution in [3.8, 4) is 11.6 Å². The Morgan fingerprint density at radius 1 is 1.18 bits per heavy atom. The van der Waals surface area contributed by atoms with E-state index < -0.39 is 0 Å². The third kappa shape index (κ3) is 2.30. The number of ether oxygens (including phenoxy) is 2. The average Bonchev–Trinajstić information content (AvgIpc) is 3.27. The molecule has 6 heteroatoms. The number of nitrogens with zero attached hydrogens (tertiary/aromatic N) is 3. The van der Waals surface area contributed by atoms with Crippen molar-refractivity contribution >= 4 is 10.9 Å². The summed E-state index contributed by atoms with van der Waals surface area (Å²) in [5.74, 6) is 1.17. The largest absolute Gasteiger partial charge is 0.419 e. The summed E-state index contributed by atoms with van der Waals surface area (Å²) in [7, 11) is 0. The summed E-state index contributed by atoms with van der Waals surface area (Å²) in [4.78, 5) is 0. The quantitative estimate of drug-likeness (QED) is 0.741. The Labute approximate surface area is 127 Å². The first kappa shape index (κ1) is 13.5. The molecule has 0 spiro atoms. The van der Waals surface area contributed by atoms with E-state index in [-0.39, 0.29) is 6.29 Å². The van der Waals surface area contributed by atoms with Crippen molar-refractivity contribution < 1.29 is 13.9 Å². The highest BCUT2D eigenvalue weighted by Crippen LogP contribution is 2.28. The van der Waals surface area contributed by atoms with E-state index in [1.54, 1.807) is 0 Å². The fraction of sp³-hybridized carbons (Fsp3) is 0.375. The maximum atomic E-state index is 5.73. The topological polar surface area (TPSA) is 62.3 Å². The summed E-state index contributed by atoms with van der Waals surface area (Å²) in [5.41, 5.74) is 2.00. The molecule has 1 aliphatic rings. The smallest absolute Gasteiger partial charge is 0.264 e. The minimum absolute atomic E-state index is 0.233. The Bertz CT molecular complexity index is 787. The van der Waals surface area contributed by atoms with E-state index in [4.69, 9.17) is 13.9 Å². The standard InChI is InChI=1S/C16H17N3O3/c1-2-14-17-18-16(22-14)13-9-11-5-3-4-6-12(11)19(13)10-15-20-7-8-21-15/h3-6,9,15H,2,7-8,10H2,1H3. The van der Waals surface area contributed by atoms with E-state index in [9.17, 15) is 0 Å². The maximum Gasteiger partial charge on any atom is 0.264 e. The first-order valence-corrected chi connectivity index (χ1v) is 7.49. The van der Waals surface area contributed by atoms with Crippen LogP contribution in [0.5, 0.6) is 0 Å². The van der Waals surface area contributed by atoms with Crippen molar-refractivity contribution in [2.45, 2.75) is 26.2 Å². The molecule has 0 saturated carbocycles. The molecular formula is C16H17N3O3. The van der Waals surface area contributed by atoms with Crippen LogP contribution in [0.25, 0.3) is 22.5 Å². The third-order valence-corrected chi connectivity index (χ3v) is 3.82. The molecule has 6 nitrogen and oxygen atoms in total. The van der Waals surface area contributed by atoms with Crippen LogP contribution in [0, 0.1) is 0 Å². The minimum atomic E-state index is -0.233. The number of hydrogen-bond donors (Lipinski definition) is 0. The number of benzene rings is 1. The summed E-state index contributed by atoms with van der Waals surface area (Å²) in [6, 6.07) is 10.2. The lowest BCUT2D eigenvalue weighted by atomic mass is 10.2. The Kier molecular flexibility index (Phi) is 3.40. The highest BCUT2D eigenvalue weighted by Gasteiger charge is 2.22. The van der Waals surface area contributed by atoms with E-state index in [1.807, 2.05) is 19.1 Å². The first-order valence-electron chi connectivity index (χ1n) is 7.49. The van der Waals surface area contributed by atoms with E-state index in [0.29, 0.717) is 31.5 Å². The molecule has 1 aromatic carbocycles. The molecule has 0 atom stereocenters. The molecule has 4 rings (SSSR count). The lowest BCUT2D eigenvalue weighted by Gasteiger charge is -2.13. The van der Waals surface area contributed by atoms with Crippen LogP contribution in [0.1, 0.15) is 12.8 Å². The molecule has 0 amide bonds. The third-order valence-electron chi connectivity index (χ3n) is 3.82. The van der Waals surface area contributed by atoms with Crippen LogP contribution in [0.15, 0.2) is 34.7 Å². The van der Waals surface area contributed by atoms with Crippen molar-refractivity contribution in [1.29, 1.82) is 0 Å².